The van der Waals surface area contributed by atoms with E-state index < -0.39 is 22.0 Å². The largest absolute Gasteiger partial charge is 0.460 e. The van der Waals surface area contributed by atoms with Gasteiger partial charge in [0.2, 0.25) is 10.0 Å². The van der Waals surface area contributed by atoms with Crippen molar-refractivity contribution in [3.05, 3.63) is 66.2 Å². The van der Waals surface area contributed by atoms with Gasteiger partial charge in [-0.15, -0.1) is 0 Å². The van der Waals surface area contributed by atoms with Crippen LogP contribution in [0.5, 0.6) is 0 Å². The highest BCUT2D eigenvalue weighted by Crippen LogP contribution is 2.45. The third-order valence-corrected chi connectivity index (χ3v) is 7.26. The highest BCUT2D eigenvalue weighted by Gasteiger charge is 2.55. The van der Waals surface area contributed by atoms with Crippen molar-refractivity contribution in [1.29, 1.82) is 0 Å². The summed E-state index contributed by atoms with van der Waals surface area (Å²) in [7, 11) is -3.71. The number of benzene rings is 2. The predicted octanol–water partition coefficient (Wildman–Crippen LogP) is 2.97. The average molecular weight is 371 g/mol. The van der Waals surface area contributed by atoms with Gasteiger partial charge in [0.05, 0.1) is 4.90 Å². The third kappa shape index (κ3) is 3.04. The molecule has 1 saturated carbocycles. The van der Waals surface area contributed by atoms with Crippen LogP contribution in [0.25, 0.3) is 0 Å². The summed E-state index contributed by atoms with van der Waals surface area (Å²) in [6, 6.07) is 16.9. The first-order chi connectivity index (χ1) is 12.6. The monoisotopic (exact) mass is 371 g/mol. The lowest BCUT2D eigenvalue weighted by atomic mass is 10.0. The molecular formula is C20H21NO4S. The van der Waals surface area contributed by atoms with Crippen molar-refractivity contribution < 1.29 is 17.9 Å². The first kappa shape index (κ1) is 17.2. The molecule has 2 aromatic carbocycles. The van der Waals surface area contributed by atoms with Crippen LogP contribution in [0, 0.1) is 5.92 Å². The molecule has 1 aliphatic carbocycles. The Kier molecular flexibility index (Phi) is 4.54. The number of fused-ring (bicyclic) bond motifs is 2. The van der Waals surface area contributed by atoms with E-state index in [1.165, 1.54) is 4.31 Å². The highest BCUT2D eigenvalue weighted by molar-refractivity contribution is 7.89. The van der Waals surface area contributed by atoms with Crippen LogP contribution in [-0.2, 0) is 26.2 Å². The van der Waals surface area contributed by atoms with Gasteiger partial charge in [-0.1, -0.05) is 48.5 Å². The molecule has 4 rings (SSSR count). The normalized spacial score (nSPS) is 25.3. The number of piperidine rings is 1. The van der Waals surface area contributed by atoms with Crippen LogP contribution in [-0.4, -0.2) is 30.8 Å². The molecule has 26 heavy (non-hydrogen) atoms. The van der Waals surface area contributed by atoms with Crippen LogP contribution >= 0.6 is 0 Å². The lowest BCUT2D eigenvalue weighted by molar-refractivity contribution is -0.151. The van der Waals surface area contributed by atoms with E-state index in [9.17, 15) is 13.2 Å². The van der Waals surface area contributed by atoms with E-state index in [1.54, 1.807) is 30.3 Å². The topological polar surface area (TPSA) is 63.7 Å². The van der Waals surface area contributed by atoms with Crippen LogP contribution in [0.4, 0.5) is 0 Å². The molecule has 2 fully saturated rings. The standard InChI is InChI=1S/C20H21NO4S/c22-20(25-14-15-7-3-1-4-8-15)19-16-11-12-17(13-16)21(19)26(23,24)18-9-5-2-6-10-18/h1-10,16-17,19H,11-14H2/t16-,17-,19+/m0/s1. The van der Waals surface area contributed by atoms with Crippen LogP contribution < -0.4 is 0 Å². The second kappa shape index (κ2) is 6.85. The van der Waals surface area contributed by atoms with Crippen molar-refractivity contribution in [2.75, 3.05) is 0 Å². The molecule has 1 aliphatic heterocycles. The van der Waals surface area contributed by atoms with Gasteiger partial charge in [0.1, 0.15) is 12.6 Å². The average Bonchev–Trinajstić information content (AvgIpc) is 3.29. The molecule has 0 N–H and O–H groups in total. The van der Waals surface area contributed by atoms with E-state index in [-0.39, 0.29) is 23.5 Å². The maximum atomic E-state index is 13.1. The van der Waals surface area contributed by atoms with Crippen LogP contribution in [0.1, 0.15) is 24.8 Å². The Morgan fingerprint density at radius 2 is 1.65 bits per heavy atom. The minimum Gasteiger partial charge on any atom is -0.460 e. The van der Waals surface area contributed by atoms with E-state index in [1.807, 2.05) is 30.3 Å². The molecule has 0 unspecified atom stereocenters. The van der Waals surface area contributed by atoms with Crippen molar-refractivity contribution in [2.24, 2.45) is 5.92 Å². The molecule has 2 bridgehead atoms. The summed E-state index contributed by atoms with van der Waals surface area (Å²) in [6.07, 6.45) is 2.41. The van der Waals surface area contributed by atoms with Crippen LogP contribution in [0.2, 0.25) is 0 Å². The summed E-state index contributed by atoms with van der Waals surface area (Å²) < 4.78 is 33.2. The number of esters is 1. The fraction of sp³-hybridized carbons (Fsp3) is 0.350. The molecule has 1 saturated heterocycles. The number of carbonyl (C=O) groups is 1. The van der Waals surface area contributed by atoms with Gasteiger partial charge in [0, 0.05) is 6.04 Å². The first-order valence-electron chi connectivity index (χ1n) is 8.86. The molecule has 2 aromatic rings. The molecule has 6 heteroatoms. The fourth-order valence-electron chi connectivity index (χ4n) is 4.11. The fourth-order valence-corrected chi connectivity index (χ4v) is 6.00. The van der Waals surface area contributed by atoms with Gasteiger partial charge in [0.25, 0.3) is 0 Å². The van der Waals surface area contributed by atoms with E-state index in [2.05, 4.69) is 0 Å². The Labute approximate surface area is 153 Å². The molecule has 0 radical (unpaired) electrons. The summed E-state index contributed by atoms with van der Waals surface area (Å²) in [4.78, 5) is 13.0. The number of hydrogen-bond donors (Lipinski definition) is 0. The van der Waals surface area contributed by atoms with Gasteiger partial charge in [-0.05, 0) is 42.9 Å². The van der Waals surface area contributed by atoms with Gasteiger partial charge in [0.15, 0.2) is 0 Å². The quantitative estimate of drug-likeness (QED) is 0.758. The lowest BCUT2D eigenvalue weighted by Gasteiger charge is -2.32. The predicted molar refractivity (Wildman–Crippen MR) is 96.6 cm³/mol. The van der Waals surface area contributed by atoms with E-state index >= 15 is 0 Å². The number of sulfonamides is 1. The molecule has 0 spiro atoms. The maximum Gasteiger partial charge on any atom is 0.325 e. The summed E-state index contributed by atoms with van der Waals surface area (Å²) in [6.45, 7) is 0.160. The summed E-state index contributed by atoms with van der Waals surface area (Å²) in [5.41, 5.74) is 0.890. The molecule has 1 heterocycles. The summed E-state index contributed by atoms with van der Waals surface area (Å²) in [5, 5.41) is 0. The number of hydrogen-bond acceptors (Lipinski definition) is 4. The Balaban J connectivity index is 1.57. The maximum absolute atomic E-state index is 13.1. The third-order valence-electron chi connectivity index (χ3n) is 5.31. The highest BCUT2D eigenvalue weighted by atomic mass is 32.2. The SMILES string of the molecule is O=C(OCc1ccccc1)[C@H]1[C@H]2CC[C@@H](C2)N1S(=O)(=O)c1ccccc1. The Morgan fingerprint density at radius 1 is 1.00 bits per heavy atom. The Morgan fingerprint density at radius 3 is 2.35 bits per heavy atom. The molecule has 0 amide bonds. The van der Waals surface area contributed by atoms with Crippen molar-refractivity contribution in [2.45, 2.75) is 42.8 Å². The smallest absolute Gasteiger partial charge is 0.325 e. The molecular weight excluding hydrogens is 350 g/mol. The van der Waals surface area contributed by atoms with E-state index in [0.29, 0.717) is 0 Å². The van der Waals surface area contributed by atoms with Crippen molar-refractivity contribution in [3.8, 4) is 0 Å². The second-order valence-electron chi connectivity index (χ2n) is 6.91. The second-order valence-corrected chi connectivity index (χ2v) is 8.76. The summed E-state index contributed by atoms with van der Waals surface area (Å²) in [5.74, 6) is -0.401. The van der Waals surface area contributed by atoms with Gasteiger partial charge in [-0.3, -0.25) is 4.79 Å². The van der Waals surface area contributed by atoms with Gasteiger partial charge in [-0.25, -0.2) is 8.42 Å². The molecule has 3 atom stereocenters. The number of carbonyl (C=O) groups excluding carboxylic acids is 1. The van der Waals surface area contributed by atoms with Crippen molar-refractivity contribution in [1.82, 2.24) is 4.31 Å². The zero-order valence-electron chi connectivity index (χ0n) is 14.3. The Bertz CT molecular complexity index is 883. The van der Waals surface area contributed by atoms with Gasteiger partial charge in [-0.2, -0.15) is 4.31 Å². The van der Waals surface area contributed by atoms with Gasteiger partial charge < -0.3 is 4.74 Å². The van der Waals surface area contributed by atoms with E-state index in [0.717, 1.165) is 24.8 Å². The molecule has 0 aromatic heterocycles. The van der Waals surface area contributed by atoms with Crippen molar-refractivity contribution in [3.63, 3.8) is 0 Å². The van der Waals surface area contributed by atoms with Crippen molar-refractivity contribution >= 4 is 16.0 Å². The van der Waals surface area contributed by atoms with Crippen LogP contribution in [0.3, 0.4) is 0 Å². The zero-order valence-corrected chi connectivity index (χ0v) is 15.1. The molecule has 2 aliphatic rings. The molecule has 136 valence electrons. The summed E-state index contributed by atoms with van der Waals surface area (Å²) >= 11 is 0. The van der Waals surface area contributed by atoms with Crippen LogP contribution in [0.15, 0.2) is 65.6 Å². The number of nitrogens with zero attached hydrogens (tertiary/aromatic N) is 1. The minimum atomic E-state index is -3.71. The Hall–Kier alpha value is -2.18. The number of ether oxygens (including phenoxy) is 1. The zero-order chi connectivity index (χ0) is 18.1. The van der Waals surface area contributed by atoms with Gasteiger partial charge >= 0.3 is 5.97 Å². The lowest BCUT2D eigenvalue weighted by Crippen LogP contribution is -2.49. The first-order valence-corrected chi connectivity index (χ1v) is 10.3. The van der Waals surface area contributed by atoms with E-state index in [4.69, 9.17) is 4.74 Å². The number of rotatable bonds is 5. The minimum absolute atomic E-state index is 0.0433. The molecule has 5 nitrogen and oxygen atoms in total.